The van der Waals surface area contributed by atoms with Gasteiger partial charge in [-0.1, -0.05) is 22.0 Å². The molecule has 0 aliphatic rings. The molecule has 0 nitrogen and oxygen atoms in total. The zero-order valence-electron chi connectivity index (χ0n) is 3.50. The molecule has 0 aliphatic carbocycles. The molecule has 0 radical (unpaired) electrons. The second-order valence-corrected chi connectivity index (χ2v) is 2.84. The molecule has 0 spiro atoms. The summed E-state index contributed by atoms with van der Waals surface area (Å²) in [5.41, 5.74) is 0. The van der Waals surface area contributed by atoms with Crippen LogP contribution in [0.25, 0.3) is 0 Å². The summed E-state index contributed by atoms with van der Waals surface area (Å²) < 4.78 is 0. The van der Waals surface area contributed by atoms with Gasteiger partial charge in [0.25, 0.3) is 0 Å². The van der Waals surface area contributed by atoms with E-state index in [1.54, 1.807) is 0 Å². The number of halogens is 1. The molecule has 0 saturated heterocycles. The highest BCUT2D eigenvalue weighted by Gasteiger charge is 1.70. The van der Waals surface area contributed by atoms with E-state index in [-0.39, 0.29) is 0 Å². The van der Waals surface area contributed by atoms with Crippen LogP contribution in [-0.4, -0.2) is 15.6 Å². The number of rotatable bonds is 2. The van der Waals surface area contributed by atoms with Gasteiger partial charge in [0.2, 0.25) is 0 Å². The zero-order chi connectivity index (χ0) is 4.12. The van der Waals surface area contributed by atoms with Gasteiger partial charge in [-0.25, -0.2) is 0 Å². The molecular weight excluding hydrogens is 144 g/mol. The van der Waals surface area contributed by atoms with Crippen LogP contribution in [0.5, 0.6) is 0 Å². The second-order valence-electron chi connectivity index (χ2n) is 1.04. The smallest absolute Gasteiger partial charge is 0.00283 e. The van der Waals surface area contributed by atoms with Crippen LogP contribution in [0.3, 0.4) is 0 Å². The molecular formula is C3H9BrSi. The second kappa shape index (κ2) is 4.70. The first-order chi connectivity index (χ1) is 2.41. The minimum absolute atomic E-state index is 1.19. The fraction of sp³-hybridized carbons (Fsp3) is 1.00. The SMILES string of the molecule is [SiH3]CCCBr. The Labute approximate surface area is 44.5 Å². The zero-order valence-corrected chi connectivity index (χ0v) is 7.09. The van der Waals surface area contributed by atoms with Gasteiger partial charge in [0.1, 0.15) is 0 Å². The molecule has 0 heterocycles. The Morgan fingerprint density at radius 1 is 1.60 bits per heavy atom. The van der Waals surface area contributed by atoms with Gasteiger partial charge in [-0.15, -0.1) is 0 Å². The molecule has 0 amide bonds. The van der Waals surface area contributed by atoms with Gasteiger partial charge in [-0.2, -0.15) is 0 Å². The van der Waals surface area contributed by atoms with Crippen LogP contribution in [-0.2, 0) is 0 Å². The highest BCUT2D eigenvalue weighted by molar-refractivity contribution is 9.09. The molecule has 0 aromatic heterocycles. The first kappa shape index (κ1) is 5.70. The highest BCUT2D eigenvalue weighted by Crippen LogP contribution is 1.88. The van der Waals surface area contributed by atoms with E-state index in [1.165, 1.54) is 28.0 Å². The van der Waals surface area contributed by atoms with Gasteiger partial charge in [0.05, 0.1) is 0 Å². The van der Waals surface area contributed by atoms with Crippen LogP contribution >= 0.6 is 15.9 Å². The molecule has 0 N–H and O–H groups in total. The summed E-state index contributed by atoms with van der Waals surface area (Å²) in [6.07, 6.45) is 1.37. The quantitative estimate of drug-likeness (QED) is 0.401. The van der Waals surface area contributed by atoms with E-state index in [9.17, 15) is 0 Å². The molecule has 0 aromatic rings. The summed E-state index contributed by atoms with van der Waals surface area (Å²) >= 11 is 3.33. The molecule has 0 unspecified atom stereocenters. The number of hydrogen-bond acceptors (Lipinski definition) is 0. The van der Waals surface area contributed by atoms with Gasteiger partial charge in [0, 0.05) is 15.6 Å². The van der Waals surface area contributed by atoms with E-state index in [2.05, 4.69) is 15.9 Å². The number of hydrogen-bond donors (Lipinski definition) is 0. The molecule has 0 saturated carbocycles. The highest BCUT2D eigenvalue weighted by atomic mass is 79.9. The van der Waals surface area contributed by atoms with Crippen molar-refractivity contribution in [3.8, 4) is 0 Å². The predicted molar refractivity (Wildman–Crippen MR) is 33.2 cm³/mol. The Morgan fingerprint density at radius 2 is 2.20 bits per heavy atom. The Bertz CT molecular complexity index is 14.4. The van der Waals surface area contributed by atoms with Gasteiger partial charge >= 0.3 is 0 Å². The van der Waals surface area contributed by atoms with E-state index in [4.69, 9.17) is 0 Å². The fourth-order valence-corrected chi connectivity index (χ4v) is 2.08. The van der Waals surface area contributed by atoms with E-state index >= 15 is 0 Å². The third-order valence-electron chi connectivity index (χ3n) is 0.487. The van der Waals surface area contributed by atoms with Gasteiger partial charge in [-0.3, -0.25) is 0 Å². The average molecular weight is 153 g/mol. The van der Waals surface area contributed by atoms with Crippen molar-refractivity contribution in [1.82, 2.24) is 0 Å². The molecule has 32 valence electrons. The largest absolute Gasteiger partial charge is 0.0928 e. The topological polar surface area (TPSA) is 0 Å². The average Bonchev–Trinajstić information content (AvgIpc) is 1.41. The van der Waals surface area contributed by atoms with Crippen LogP contribution in [0.15, 0.2) is 0 Å². The van der Waals surface area contributed by atoms with Crippen molar-refractivity contribution in [3.05, 3.63) is 0 Å². The first-order valence-corrected chi connectivity index (χ1v) is 4.51. The maximum Gasteiger partial charge on any atom is 0.00283 e. The molecule has 0 rings (SSSR count). The van der Waals surface area contributed by atoms with Crippen LogP contribution in [0.4, 0.5) is 0 Å². The van der Waals surface area contributed by atoms with E-state index < -0.39 is 0 Å². The van der Waals surface area contributed by atoms with Crippen molar-refractivity contribution in [2.45, 2.75) is 12.5 Å². The minimum atomic E-state index is 1.19. The Morgan fingerprint density at radius 3 is 2.20 bits per heavy atom. The summed E-state index contributed by atoms with van der Waals surface area (Å²) in [4.78, 5) is 0. The van der Waals surface area contributed by atoms with Crippen LogP contribution in [0.2, 0.25) is 6.04 Å². The van der Waals surface area contributed by atoms with Crippen LogP contribution < -0.4 is 0 Å². The molecule has 0 bridgehead atoms. The third-order valence-corrected chi connectivity index (χ3v) is 1.76. The summed E-state index contributed by atoms with van der Waals surface area (Å²) in [6.45, 7) is 0. The van der Waals surface area contributed by atoms with Crippen molar-refractivity contribution >= 4 is 26.2 Å². The van der Waals surface area contributed by atoms with Gasteiger partial charge in [0.15, 0.2) is 0 Å². The van der Waals surface area contributed by atoms with Gasteiger partial charge < -0.3 is 0 Å². The molecule has 0 aromatic carbocycles. The standard InChI is InChI=1S/C3H9BrSi/c4-2-1-3-5/h1-3H2,5H3. The Kier molecular flexibility index (Phi) is 5.35. The third kappa shape index (κ3) is 4.70. The van der Waals surface area contributed by atoms with Crippen LogP contribution in [0.1, 0.15) is 6.42 Å². The normalized spacial score (nSPS) is 9.00. The lowest BCUT2D eigenvalue weighted by atomic mass is 10.6. The summed E-state index contributed by atoms with van der Waals surface area (Å²) in [6, 6.07) is 1.44. The maximum absolute atomic E-state index is 3.33. The summed E-state index contributed by atoms with van der Waals surface area (Å²) in [5, 5.41) is 1.19. The van der Waals surface area contributed by atoms with E-state index in [1.807, 2.05) is 0 Å². The fourth-order valence-electron chi connectivity index (χ4n) is 0.134. The minimum Gasteiger partial charge on any atom is -0.0928 e. The van der Waals surface area contributed by atoms with Crippen molar-refractivity contribution in [2.75, 3.05) is 5.33 Å². The van der Waals surface area contributed by atoms with Gasteiger partial charge in [-0.05, 0) is 6.42 Å². The monoisotopic (exact) mass is 152 g/mol. The van der Waals surface area contributed by atoms with Crippen molar-refractivity contribution in [1.29, 1.82) is 0 Å². The Hall–Kier alpha value is 0.697. The lowest BCUT2D eigenvalue weighted by Crippen LogP contribution is -1.68. The van der Waals surface area contributed by atoms with Crippen molar-refractivity contribution in [3.63, 3.8) is 0 Å². The van der Waals surface area contributed by atoms with Crippen molar-refractivity contribution in [2.24, 2.45) is 0 Å². The molecule has 5 heavy (non-hydrogen) atoms. The molecule has 0 aliphatic heterocycles. The molecule has 0 atom stereocenters. The van der Waals surface area contributed by atoms with E-state index in [0.717, 1.165) is 0 Å². The summed E-state index contributed by atoms with van der Waals surface area (Å²) in [5.74, 6) is 0. The first-order valence-electron chi connectivity index (χ1n) is 1.97. The Balaban J connectivity index is 2.19. The van der Waals surface area contributed by atoms with Crippen molar-refractivity contribution < 1.29 is 0 Å². The number of alkyl halides is 1. The molecule has 0 fully saturated rings. The summed E-state index contributed by atoms with van der Waals surface area (Å²) in [7, 11) is 1.37. The maximum atomic E-state index is 3.33. The lowest BCUT2D eigenvalue weighted by molar-refractivity contribution is 1.11. The van der Waals surface area contributed by atoms with Crippen LogP contribution in [0, 0.1) is 0 Å². The molecule has 2 heteroatoms. The lowest BCUT2D eigenvalue weighted by Gasteiger charge is -1.77. The van der Waals surface area contributed by atoms with E-state index in [0.29, 0.717) is 0 Å². The predicted octanol–water partition coefficient (Wildman–Crippen LogP) is 0.555.